The number of pyridine rings is 1. The Kier molecular flexibility index (Phi) is 4.43. The zero-order chi connectivity index (χ0) is 11.3. The average Bonchev–Trinajstić information content (AvgIpc) is 2.17. The highest BCUT2D eigenvalue weighted by atomic mass is 16.3. The molecule has 1 aromatic heterocycles. The molecule has 15 heavy (non-hydrogen) atoms. The van der Waals surface area contributed by atoms with E-state index >= 15 is 0 Å². The second kappa shape index (κ2) is 5.61. The molecule has 1 rings (SSSR count). The van der Waals surface area contributed by atoms with Crippen LogP contribution in [-0.4, -0.2) is 22.5 Å². The summed E-state index contributed by atoms with van der Waals surface area (Å²) in [5.74, 6) is 0.0455. The minimum atomic E-state index is -0.0846. The first kappa shape index (κ1) is 11.9. The molecule has 0 saturated heterocycles. The Morgan fingerprint density at radius 1 is 1.53 bits per heavy atom. The number of carbonyl (C=O) groups is 1. The highest BCUT2D eigenvalue weighted by molar-refractivity contribution is 5.78. The van der Waals surface area contributed by atoms with Crippen LogP contribution in [0.4, 0.5) is 0 Å². The normalized spacial score (nSPS) is 12.5. The number of aliphatic hydroxyl groups is 1. The van der Waals surface area contributed by atoms with Gasteiger partial charge in [-0.05, 0) is 37.8 Å². The second-order valence-corrected chi connectivity index (χ2v) is 3.89. The molecule has 1 atom stereocenters. The molecule has 0 saturated carbocycles. The number of hydrogen-bond acceptors (Lipinski definition) is 3. The molecule has 1 heterocycles. The van der Waals surface area contributed by atoms with E-state index in [0.717, 1.165) is 11.1 Å². The van der Waals surface area contributed by atoms with Crippen molar-refractivity contribution in [3.63, 3.8) is 0 Å². The number of carbonyl (C=O) groups excluding carboxylic acids is 1. The zero-order valence-corrected chi connectivity index (χ0v) is 9.23. The number of hydrogen-bond donors (Lipinski definition) is 1. The lowest BCUT2D eigenvalue weighted by Gasteiger charge is -2.12. The smallest absolute Gasteiger partial charge is 0.133 e. The molecule has 1 unspecified atom stereocenters. The van der Waals surface area contributed by atoms with Crippen molar-refractivity contribution in [2.24, 2.45) is 5.92 Å². The molecule has 3 nitrogen and oxygen atoms in total. The van der Waals surface area contributed by atoms with Gasteiger partial charge in [-0.15, -0.1) is 0 Å². The molecular formula is C12H17NO2. The van der Waals surface area contributed by atoms with Gasteiger partial charge < -0.3 is 5.11 Å². The number of aliphatic hydroxyl groups excluding tert-OH is 1. The lowest BCUT2D eigenvalue weighted by atomic mass is 9.93. The first-order chi connectivity index (χ1) is 7.13. The first-order valence-electron chi connectivity index (χ1n) is 5.15. The third-order valence-corrected chi connectivity index (χ3v) is 2.47. The van der Waals surface area contributed by atoms with Gasteiger partial charge in [-0.25, -0.2) is 0 Å². The van der Waals surface area contributed by atoms with Gasteiger partial charge >= 0.3 is 0 Å². The summed E-state index contributed by atoms with van der Waals surface area (Å²) in [5.41, 5.74) is 2.16. The van der Waals surface area contributed by atoms with Crippen molar-refractivity contribution < 1.29 is 9.90 Å². The van der Waals surface area contributed by atoms with E-state index in [4.69, 9.17) is 5.11 Å². The molecule has 82 valence electrons. The lowest BCUT2D eigenvalue weighted by Crippen LogP contribution is -2.15. The molecule has 3 heteroatoms. The second-order valence-electron chi connectivity index (χ2n) is 3.89. The summed E-state index contributed by atoms with van der Waals surface area (Å²) in [6, 6.07) is 2.03. The molecule has 0 fully saturated rings. The lowest BCUT2D eigenvalue weighted by molar-refractivity contribution is -0.121. The van der Waals surface area contributed by atoms with Crippen molar-refractivity contribution >= 4 is 5.78 Å². The van der Waals surface area contributed by atoms with Crippen LogP contribution in [0.1, 0.15) is 24.5 Å². The van der Waals surface area contributed by atoms with Crippen LogP contribution in [-0.2, 0) is 11.2 Å². The molecule has 0 amide bonds. The quantitative estimate of drug-likeness (QED) is 0.796. The summed E-state index contributed by atoms with van der Waals surface area (Å²) in [6.07, 6.45) is 4.77. The molecule has 0 aliphatic rings. The van der Waals surface area contributed by atoms with Crippen molar-refractivity contribution in [3.8, 4) is 0 Å². The van der Waals surface area contributed by atoms with E-state index in [-0.39, 0.29) is 18.3 Å². The van der Waals surface area contributed by atoms with Gasteiger partial charge in [0.05, 0.1) is 0 Å². The van der Waals surface area contributed by atoms with Crippen molar-refractivity contribution in [1.82, 2.24) is 4.98 Å². The summed E-state index contributed by atoms with van der Waals surface area (Å²) in [5, 5.41) is 8.85. The minimum Gasteiger partial charge on any atom is -0.396 e. The maximum atomic E-state index is 11.3. The van der Waals surface area contributed by atoms with Gasteiger partial charge in [-0.2, -0.15) is 0 Å². The molecule has 1 N–H and O–H groups in total. The summed E-state index contributed by atoms with van der Waals surface area (Å²) in [4.78, 5) is 15.4. The Morgan fingerprint density at radius 2 is 2.27 bits per heavy atom. The number of Topliss-reactive ketones (excluding diaryl/α,β-unsaturated/α-hetero) is 1. The number of aryl methyl sites for hydroxylation is 1. The number of ketones is 1. The van der Waals surface area contributed by atoms with E-state index in [9.17, 15) is 4.79 Å². The third-order valence-electron chi connectivity index (χ3n) is 2.47. The topological polar surface area (TPSA) is 50.2 Å². The monoisotopic (exact) mass is 207 g/mol. The Morgan fingerprint density at radius 3 is 2.80 bits per heavy atom. The van der Waals surface area contributed by atoms with E-state index < -0.39 is 0 Å². The van der Waals surface area contributed by atoms with E-state index in [1.165, 1.54) is 0 Å². The fourth-order valence-corrected chi connectivity index (χ4v) is 1.62. The fraction of sp³-hybridized carbons (Fsp3) is 0.500. The van der Waals surface area contributed by atoms with Crippen LogP contribution in [0, 0.1) is 12.8 Å². The molecule has 0 aromatic carbocycles. The van der Waals surface area contributed by atoms with E-state index in [2.05, 4.69) is 4.98 Å². The van der Waals surface area contributed by atoms with Crippen LogP contribution < -0.4 is 0 Å². The molecule has 0 radical (unpaired) electrons. The van der Waals surface area contributed by atoms with E-state index in [1.807, 2.05) is 13.0 Å². The number of aromatic nitrogens is 1. The van der Waals surface area contributed by atoms with Gasteiger partial charge in [0.25, 0.3) is 0 Å². The standard InChI is InChI=1S/C12H17NO2/c1-9-5-11(8-13-7-9)6-12(3-4-14)10(2)15/h5,7-8,12,14H,3-4,6H2,1-2H3. The molecule has 0 spiro atoms. The number of rotatable bonds is 5. The predicted molar refractivity (Wildman–Crippen MR) is 58.6 cm³/mol. The average molecular weight is 207 g/mol. The molecule has 1 aromatic rings. The molecule has 0 aliphatic carbocycles. The zero-order valence-electron chi connectivity index (χ0n) is 9.23. The first-order valence-corrected chi connectivity index (χ1v) is 5.15. The van der Waals surface area contributed by atoms with Crippen molar-refractivity contribution in [2.75, 3.05) is 6.61 Å². The summed E-state index contributed by atoms with van der Waals surface area (Å²) < 4.78 is 0. The van der Waals surface area contributed by atoms with Gasteiger partial charge in [0.2, 0.25) is 0 Å². The van der Waals surface area contributed by atoms with Crippen molar-refractivity contribution in [1.29, 1.82) is 0 Å². The van der Waals surface area contributed by atoms with Gasteiger partial charge in [-0.3, -0.25) is 9.78 Å². The van der Waals surface area contributed by atoms with Crippen molar-refractivity contribution in [2.45, 2.75) is 26.7 Å². The van der Waals surface area contributed by atoms with Crippen LogP contribution in [0.3, 0.4) is 0 Å². The van der Waals surface area contributed by atoms with Crippen molar-refractivity contribution in [3.05, 3.63) is 29.6 Å². The van der Waals surface area contributed by atoms with Crippen LogP contribution in [0.2, 0.25) is 0 Å². The summed E-state index contributed by atoms with van der Waals surface area (Å²) in [6.45, 7) is 3.61. The van der Waals surface area contributed by atoms with Crippen LogP contribution in [0.25, 0.3) is 0 Å². The Labute approximate surface area is 90.2 Å². The maximum Gasteiger partial charge on any atom is 0.133 e. The van der Waals surface area contributed by atoms with Gasteiger partial charge in [0.15, 0.2) is 0 Å². The van der Waals surface area contributed by atoms with Gasteiger partial charge in [0, 0.05) is 24.9 Å². The van der Waals surface area contributed by atoms with E-state index in [1.54, 1.807) is 19.3 Å². The third kappa shape index (κ3) is 3.80. The Hall–Kier alpha value is -1.22. The summed E-state index contributed by atoms with van der Waals surface area (Å²) in [7, 11) is 0. The molecular weight excluding hydrogens is 190 g/mol. The van der Waals surface area contributed by atoms with Gasteiger partial charge in [0.1, 0.15) is 5.78 Å². The van der Waals surface area contributed by atoms with E-state index in [0.29, 0.717) is 12.8 Å². The Bertz CT molecular complexity index is 336. The SMILES string of the molecule is CC(=O)C(CCO)Cc1cncc(C)c1. The predicted octanol–water partition coefficient (Wildman–Crippen LogP) is 1.52. The summed E-state index contributed by atoms with van der Waals surface area (Å²) >= 11 is 0. The van der Waals surface area contributed by atoms with Crippen LogP contribution in [0.5, 0.6) is 0 Å². The Balaban J connectivity index is 2.69. The minimum absolute atomic E-state index is 0.0590. The molecule has 0 bridgehead atoms. The van der Waals surface area contributed by atoms with Crippen LogP contribution in [0.15, 0.2) is 18.5 Å². The highest BCUT2D eigenvalue weighted by Crippen LogP contribution is 2.13. The molecule has 0 aliphatic heterocycles. The fourth-order valence-electron chi connectivity index (χ4n) is 1.62. The van der Waals surface area contributed by atoms with Gasteiger partial charge in [-0.1, -0.05) is 6.07 Å². The highest BCUT2D eigenvalue weighted by Gasteiger charge is 2.14. The van der Waals surface area contributed by atoms with Crippen LogP contribution >= 0.6 is 0 Å². The number of nitrogens with zero attached hydrogens (tertiary/aromatic N) is 1. The largest absolute Gasteiger partial charge is 0.396 e. The maximum absolute atomic E-state index is 11.3.